The maximum Gasteiger partial charge on any atom is 0.123 e. The lowest BCUT2D eigenvalue weighted by molar-refractivity contribution is 0.111. The Bertz CT molecular complexity index is 555. The molecular formula is C15H20N4O. The van der Waals surface area contributed by atoms with Gasteiger partial charge in [0.15, 0.2) is 0 Å². The highest BCUT2D eigenvalue weighted by atomic mass is 16.5. The molecular weight excluding hydrogens is 252 g/mol. The molecule has 1 aliphatic rings. The molecule has 0 radical (unpaired) electrons. The van der Waals surface area contributed by atoms with Gasteiger partial charge in [0.25, 0.3) is 0 Å². The molecule has 20 heavy (non-hydrogen) atoms. The number of nitrogens with zero attached hydrogens (tertiary/aromatic N) is 3. The third-order valence-electron chi connectivity index (χ3n) is 3.93. The van der Waals surface area contributed by atoms with Crippen molar-refractivity contribution in [2.45, 2.75) is 38.5 Å². The molecule has 1 aromatic carbocycles. The van der Waals surface area contributed by atoms with E-state index in [4.69, 9.17) is 4.74 Å². The van der Waals surface area contributed by atoms with Gasteiger partial charge in [-0.05, 0) is 38.0 Å². The summed E-state index contributed by atoms with van der Waals surface area (Å²) in [6.07, 6.45) is 4.80. The molecule has 106 valence electrons. The van der Waals surface area contributed by atoms with E-state index in [9.17, 15) is 0 Å². The van der Waals surface area contributed by atoms with E-state index >= 15 is 0 Å². The second kappa shape index (κ2) is 5.73. The van der Waals surface area contributed by atoms with Crippen LogP contribution in [0, 0.1) is 0 Å². The summed E-state index contributed by atoms with van der Waals surface area (Å²) in [7, 11) is 0. The van der Waals surface area contributed by atoms with E-state index < -0.39 is 0 Å². The lowest BCUT2D eigenvalue weighted by Gasteiger charge is -2.22. The van der Waals surface area contributed by atoms with Crippen molar-refractivity contribution in [3.8, 4) is 5.69 Å². The van der Waals surface area contributed by atoms with Crippen molar-refractivity contribution in [2.75, 3.05) is 6.61 Å². The number of ether oxygens (including phenoxy) is 1. The van der Waals surface area contributed by atoms with E-state index in [-0.39, 0.29) is 0 Å². The van der Waals surface area contributed by atoms with Gasteiger partial charge >= 0.3 is 0 Å². The Labute approximate surface area is 119 Å². The van der Waals surface area contributed by atoms with E-state index in [1.807, 2.05) is 4.57 Å². The van der Waals surface area contributed by atoms with Crippen LogP contribution in [0.15, 0.2) is 36.9 Å². The van der Waals surface area contributed by atoms with Crippen LogP contribution in [0.1, 0.15) is 31.9 Å². The largest absolute Gasteiger partial charge is 0.377 e. The van der Waals surface area contributed by atoms with E-state index in [0.29, 0.717) is 18.2 Å². The fourth-order valence-electron chi connectivity index (χ4n) is 2.66. The minimum absolute atomic E-state index is 0.290. The summed E-state index contributed by atoms with van der Waals surface area (Å²) in [5.74, 6) is 0. The summed E-state index contributed by atoms with van der Waals surface area (Å²) >= 11 is 0. The third kappa shape index (κ3) is 2.73. The first-order valence-corrected chi connectivity index (χ1v) is 7.06. The molecule has 5 nitrogen and oxygen atoms in total. The van der Waals surface area contributed by atoms with Gasteiger partial charge in [0, 0.05) is 24.4 Å². The Balaban J connectivity index is 1.74. The van der Waals surface area contributed by atoms with Crippen molar-refractivity contribution in [3.63, 3.8) is 0 Å². The predicted octanol–water partition coefficient (Wildman–Crippen LogP) is 2.10. The number of aromatic nitrogens is 3. The maximum atomic E-state index is 5.60. The molecule has 0 bridgehead atoms. The highest BCUT2D eigenvalue weighted by molar-refractivity contribution is 5.36. The standard InChI is InChI=1S/C15H20N4O/c1-11(18-15-6-7-20-12(15)2)13-4-3-5-14(8-13)19-9-16-17-10-19/h3-5,8-12,15,18H,6-7H2,1-2H3/t11?,12-,15-/m1/s1. The van der Waals surface area contributed by atoms with Gasteiger partial charge in [0.2, 0.25) is 0 Å². The smallest absolute Gasteiger partial charge is 0.123 e. The van der Waals surface area contributed by atoms with Gasteiger partial charge in [0.05, 0.1) is 6.10 Å². The van der Waals surface area contributed by atoms with Crippen LogP contribution < -0.4 is 5.32 Å². The maximum absolute atomic E-state index is 5.60. The lowest BCUT2D eigenvalue weighted by atomic mass is 10.0. The molecule has 1 aliphatic heterocycles. The summed E-state index contributed by atoms with van der Waals surface area (Å²) in [5, 5.41) is 11.3. The lowest BCUT2D eigenvalue weighted by Crippen LogP contribution is -2.36. The fraction of sp³-hybridized carbons (Fsp3) is 0.467. The van der Waals surface area contributed by atoms with Crippen LogP contribution in [-0.4, -0.2) is 33.5 Å². The minimum atomic E-state index is 0.290. The Hall–Kier alpha value is -1.72. The topological polar surface area (TPSA) is 52.0 Å². The Morgan fingerprint density at radius 1 is 1.35 bits per heavy atom. The number of rotatable bonds is 4. The van der Waals surface area contributed by atoms with Crippen LogP contribution in [0.25, 0.3) is 5.69 Å². The fourth-order valence-corrected chi connectivity index (χ4v) is 2.66. The van der Waals surface area contributed by atoms with Crippen molar-refractivity contribution < 1.29 is 4.74 Å². The molecule has 2 heterocycles. The minimum Gasteiger partial charge on any atom is -0.377 e. The molecule has 3 atom stereocenters. The summed E-state index contributed by atoms with van der Waals surface area (Å²) in [6, 6.07) is 9.16. The second-order valence-corrected chi connectivity index (χ2v) is 5.32. The molecule has 1 aromatic heterocycles. The van der Waals surface area contributed by atoms with Crippen molar-refractivity contribution in [1.29, 1.82) is 0 Å². The van der Waals surface area contributed by atoms with Crippen LogP contribution in [-0.2, 0) is 4.74 Å². The van der Waals surface area contributed by atoms with Crippen molar-refractivity contribution in [1.82, 2.24) is 20.1 Å². The van der Waals surface area contributed by atoms with Gasteiger partial charge in [-0.25, -0.2) is 0 Å². The van der Waals surface area contributed by atoms with Gasteiger partial charge in [-0.15, -0.1) is 10.2 Å². The summed E-state index contributed by atoms with van der Waals surface area (Å²) in [4.78, 5) is 0. The zero-order chi connectivity index (χ0) is 13.9. The number of benzene rings is 1. The Kier molecular flexibility index (Phi) is 3.80. The molecule has 0 aliphatic carbocycles. The number of nitrogens with one attached hydrogen (secondary N) is 1. The predicted molar refractivity (Wildman–Crippen MR) is 76.7 cm³/mol. The van der Waals surface area contributed by atoms with Gasteiger partial charge < -0.3 is 10.1 Å². The van der Waals surface area contributed by atoms with E-state index in [0.717, 1.165) is 18.7 Å². The summed E-state index contributed by atoms with van der Waals surface area (Å²) in [5.41, 5.74) is 2.34. The number of hydrogen-bond acceptors (Lipinski definition) is 4. The van der Waals surface area contributed by atoms with Crippen LogP contribution in [0.3, 0.4) is 0 Å². The van der Waals surface area contributed by atoms with Crippen LogP contribution >= 0.6 is 0 Å². The molecule has 1 N–H and O–H groups in total. The zero-order valence-electron chi connectivity index (χ0n) is 11.9. The van der Waals surface area contributed by atoms with Crippen molar-refractivity contribution >= 4 is 0 Å². The average Bonchev–Trinajstić information content (AvgIpc) is 3.12. The van der Waals surface area contributed by atoms with Crippen LogP contribution in [0.5, 0.6) is 0 Å². The van der Waals surface area contributed by atoms with Crippen molar-refractivity contribution in [2.24, 2.45) is 0 Å². The Morgan fingerprint density at radius 3 is 2.85 bits per heavy atom. The zero-order valence-corrected chi connectivity index (χ0v) is 11.9. The Morgan fingerprint density at radius 2 is 2.15 bits per heavy atom. The molecule has 2 aromatic rings. The average molecular weight is 272 g/mol. The van der Waals surface area contributed by atoms with Gasteiger partial charge in [-0.3, -0.25) is 4.57 Å². The molecule has 0 saturated carbocycles. The molecule has 0 spiro atoms. The van der Waals surface area contributed by atoms with Gasteiger partial charge in [0.1, 0.15) is 12.7 Å². The van der Waals surface area contributed by atoms with E-state index in [1.165, 1.54) is 5.56 Å². The highest BCUT2D eigenvalue weighted by Gasteiger charge is 2.25. The number of hydrogen-bond donors (Lipinski definition) is 1. The molecule has 0 amide bonds. The first-order chi connectivity index (χ1) is 9.74. The molecule has 1 fully saturated rings. The summed E-state index contributed by atoms with van der Waals surface area (Å²) < 4.78 is 7.52. The summed E-state index contributed by atoms with van der Waals surface area (Å²) in [6.45, 7) is 5.17. The first-order valence-electron chi connectivity index (χ1n) is 7.06. The SMILES string of the molecule is CC(N[C@@H]1CCO[C@@H]1C)c1cccc(-n2cnnc2)c1. The van der Waals surface area contributed by atoms with E-state index in [2.05, 4.69) is 53.6 Å². The third-order valence-corrected chi connectivity index (χ3v) is 3.93. The molecule has 5 heteroatoms. The van der Waals surface area contributed by atoms with Crippen LogP contribution in [0.2, 0.25) is 0 Å². The monoisotopic (exact) mass is 272 g/mol. The second-order valence-electron chi connectivity index (χ2n) is 5.32. The molecule has 1 unspecified atom stereocenters. The van der Waals surface area contributed by atoms with Gasteiger partial charge in [-0.1, -0.05) is 12.1 Å². The molecule has 1 saturated heterocycles. The molecule has 3 rings (SSSR count). The van der Waals surface area contributed by atoms with Crippen LogP contribution in [0.4, 0.5) is 0 Å². The van der Waals surface area contributed by atoms with Gasteiger partial charge in [-0.2, -0.15) is 0 Å². The quantitative estimate of drug-likeness (QED) is 0.926. The van der Waals surface area contributed by atoms with Crippen molar-refractivity contribution in [3.05, 3.63) is 42.5 Å². The van der Waals surface area contributed by atoms with E-state index in [1.54, 1.807) is 12.7 Å². The normalized spacial score (nSPS) is 23.9. The first kappa shape index (κ1) is 13.3. The highest BCUT2D eigenvalue weighted by Crippen LogP contribution is 2.21.